The van der Waals surface area contributed by atoms with Crippen LogP contribution in [0.15, 0.2) is 36.5 Å². The van der Waals surface area contributed by atoms with Crippen molar-refractivity contribution in [3.63, 3.8) is 0 Å². The number of esters is 1. The molecule has 2 aromatic rings. The van der Waals surface area contributed by atoms with Crippen molar-refractivity contribution in [3.05, 3.63) is 52.1 Å². The van der Waals surface area contributed by atoms with Gasteiger partial charge in [-0.05, 0) is 80.7 Å². The number of aromatic nitrogens is 1. The van der Waals surface area contributed by atoms with Gasteiger partial charge in [-0.3, -0.25) is 14.4 Å². The Morgan fingerprint density at radius 2 is 1.77 bits per heavy atom. The van der Waals surface area contributed by atoms with Crippen molar-refractivity contribution in [2.45, 2.75) is 52.4 Å². The van der Waals surface area contributed by atoms with E-state index in [0.717, 1.165) is 38.5 Å². The van der Waals surface area contributed by atoms with Crippen LogP contribution in [0.5, 0.6) is 0 Å². The first-order valence-electron chi connectivity index (χ1n) is 11.9. The molecule has 1 aliphatic carbocycles. The molecule has 2 N–H and O–H groups in total. The Hall–Kier alpha value is -2.64. The zero-order valence-electron chi connectivity index (χ0n) is 20.0. The summed E-state index contributed by atoms with van der Waals surface area (Å²) < 4.78 is 5.02. The predicted octanol–water partition coefficient (Wildman–Crippen LogP) is 6.37. The first-order chi connectivity index (χ1) is 16.7. The van der Waals surface area contributed by atoms with Crippen molar-refractivity contribution in [3.8, 4) is 0 Å². The lowest BCUT2D eigenvalue weighted by molar-refractivity contribution is -0.141. The number of amides is 2. The van der Waals surface area contributed by atoms with Crippen LogP contribution in [-0.4, -0.2) is 29.4 Å². The molecule has 1 saturated carbocycles. The normalized spacial score (nSPS) is 18.4. The van der Waals surface area contributed by atoms with Crippen molar-refractivity contribution >= 4 is 52.5 Å². The Bertz CT molecular complexity index is 1040. The predicted molar refractivity (Wildman–Crippen MR) is 138 cm³/mol. The van der Waals surface area contributed by atoms with Gasteiger partial charge in [-0.25, -0.2) is 4.98 Å². The van der Waals surface area contributed by atoms with E-state index in [-0.39, 0.29) is 23.4 Å². The molecule has 1 heterocycles. The second kappa shape index (κ2) is 12.9. The average Bonchev–Trinajstić information content (AvgIpc) is 2.84. The number of carbonyl (C=O) groups is 3. The summed E-state index contributed by atoms with van der Waals surface area (Å²) in [5.41, 5.74) is 0.671. The molecule has 1 aliphatic rings. The van der Waals surface area contributed by atoms with E-state index in [1.165, 1.54) is 19.2 Å². The third-order valence-electron chi connectivity index (χ3n) is 6.51. The minimum Gasteiger partial charge on any atom is -0.466 e. The molecule has 0 aliphatic heterocycles. The molecule has 1 aromatic heterocycles. The molecule has 188 valence electrons. The molecule has 1 aromatic carbocycles. The molecule has 35 heavy (non-hydrogen) atoms. The molecule has 9 heteroatoms. The molecule has 0 spiro atoms. The monoisotopic (exact) mass is 519 g/mol. The maximum Gasteiger partial charge on any atom is 0.302 e. The maximum absolute atomic E-state index is 13.0. The molecule has 1 atom stereocenters. The highest BCUT2D eigenvalue weighted by atomic mass is 35.5. The van der Waals surface area contributed by atoms with Crippen molar-refractivity contribution in [2.24, 2.45) is 17.8 Å². The number of carbonyl (C=O) groups excluding carboxylic acids is 3. The van der Waals surface area contributed by atoms with Crippen LogP contribution in [0.2, 0.25) is 10.0 Å². The number of pyridine rings is 1. The van der Waals surface area contributed by atoms with Crippen LogP contribution in [0, 0.1) is 17.8 Å². The van der Waals surface area contributed by atoms with Crippen LogP contribution >= 0.6 is 23.2 Å². The summed E-state index contributed by atoms with van der Waals surface area (Å²) in [6.45, 7) is 4.11. The van der Waals surface area contributed by atoms with Crippen LogP contribution in [0.1, 0.15) is 62.7 Å². The number of nitrogens with one attached hydrogen (secondary N) is 2. The van der Waals surface area contributed by atoms with E-state index in [9.17, 15) is 14.4 Å². The van der Waals surface area contributed by atoms with Crippen LogP contribution in [0.25, 0.3) is 0 Å². The Labute approximate surface area is 215 Å². The first-order valence-corrected chi connectivity index (χ1v) is 12.6. The SMILES string of the molecule is CC(=O)OCCCC(C)C1CCC(C(=O)Nc2ccc(Cl)cc2C(=O)Nc2ccc(Cl)cn2)CC1. The van der Waals surface area contributed by atoms with Gasteiger partial charge in [0.05, 0.1) is 22.9 Å². The third kappa shape index (κ3) is 8.22. The van der Waals surface area contributed by atoms with Crippen molar-refractivity contribution in [1.82, 2.24) is 4.98 Å². The standard InChI is InChI=1S/C26H31Cl2N3O4/c1-16(4-3-13-35-17(2)32)18-5-7-19(8-6-18)25(33)30-23-11-9-20(27)14-22(23)26(34)31-24-12-10-21(28)15-29-24/h9-12,14-16,18-19H,3-8,13H2,1-2H3,(H,30,33)(H,29,31,34). The number of rotatable bonds is 9. The van der Waals surface area contributed by atoms with E-state index >= 15 is 0 Å². The summed E-state index contributed by atoms with van der Waals surface area (Å²) >= 11 is 12.0. The van der Waals surface area contributed by atoms with E-state index in [1.54, 1.807) is 24.3 Å². The van der Waals surface area contributed by atoms with Crippen molar-refractivity contribution in [2.75, 3.05) is 17.2 Å². The van der Waals surface area contributed by atoms with Gasteiger partial charge in [0.25, 0.3) is 5.91 Å². The number of nitrogens with zero attached hydrogens (tertiary/aromatic N) is 1. The lowest BCUT2D eigenvalue weighted by Gasteiger charge is -2.32. The summed E-state index contributed by atoms with van der Waals surface area (Å²) in [7, 11) is 0. The molecular formula is C26H31Cl2N3O4. The number of hydrogen-bond acceptors (Lipinski definition) is 5. The van der Waals surface area contributed by atoms with Crippen molar-refractivity contribution < 1.29 is 19.1 Å². The van der Waals surface area contributed by atoms with E-state index in [0.29, 0.717) is 40.0 Å². The van der Waals surface area contributed by atoms with Gasteiger partial charge in [0.2, 0.25) is 5.91 Å². The first kappa shape index (κ1) is 27.0. The highest BCUT2D eigenvalue weighted by Crippen LogP contribution is 2.36. The Morgan fingerprint density at radius 3 is 2.43 bits per heavy atom. The van der Waals surface area contributed by atoms with E-state index in [2.05, 4.69) is 22.5 Å². The zero-order valence-corrected chi connectivity index (χ0v) is 21.5. The molecule has 0 bridgehead atoms. The fourth-order valence-corrected chi connectivity index (χ4v) is 4.77. The Morgan fingerprint density at radius 1 is 1.06 bits per heavy atom. The largest absolute Gasteiger partial charge is 0.466 e. The van der Waals surface area contributed by atoms with Gasteiger partial charge in [-0.2, -0.15) is 0 Å². The van der Waals surface area contributed by atoms with E-state index < -0.39 is 5.91 Å². The van der Waals surface area contributed by atoms with Gasteiger partial charge < -0.3 is 15.4 Å². The molecule has 0 saturated heterocycles. The lowest BCUT2D eigenvalue weighted by atomic mass is 9.75. The van der Waals surface area contributed by atoms with Crippen molar-refractivity contribution in [1.29, 1.82) is 0 Å². The van der Waals surface area contributed by atoms with Crippen LogP contribution in [0.3, 0.4) is 0 Å². The van der Waals surface area contributed by atoms with Gasteiger partial charge in [0, 0.05) is 24.1 Å². The summed E-state index contributed by atoms with van der Waals surface area (Å²) in [5.74, 6) is 0.548. The maximum atomic E-state index is 13.0. The van der Waals surface area contributed by atoms with E-state index in [1.807, 2.05) is 0 Å². The molecule has 0 radical (unpaired) electrons. The minimum atomic E-state index is -0.427. The topological polar surface area (TPSA) is 97.4 Å². The average molecular weight is 520 g/mol. The minimum absolute atomic E-state index is 0.0908. The number of halogens is 2. The van der Waals surface area contributed by atoms with Gasteiger partial charge in [-0.1, -0.05) is 30.1 Å². The Kier molecular flexibility index (Phi) is 9.93. The van der Waals surface area contributed by atoms with Crippen LogP contribution < -0.4 is 10.6 Å². The van der Waals surface area contributed by atoms with Gasteiger partial charge in [-0.15, -0.1) is 0 Å². The van der Waals surface area contributed by atoms with Gasteiger partial charge in [0.1, 0.15) is 5.82 Å². The summed E-state index contributed by atoms with van der Waals surface area (Å²) in [4.78, 5) is 40.9. The smallest absolute Gasteiger partial charge is 0.302 e. The second-order valence-corrected chi connectivity index (χ2v) is 9.94. The highest BCUT2D eigenvalue weighted by molar-refractivity contribution is 6.31. The zero-order chi connectivity index (χ0) is 25.4. The van der Waals surface area contributed by atoms with Gasteiger partial charge >= 0.3 is 5.97 Å². The number of hydrogen-bond donors (Lipinski definition) is 2. The molecule has 7 nitrogen and oxygen atoms in total. The second-order valence-electron chi connectivity index (χ2n) is 9.07. The molecule has 1 fully saturated rings. The molecule has 1 unspecified atom stereocenters. The quantitative estimate of drug-likeness (QED) is 0.296. The summed E-state index contributed by atoms with van der Waals surface area (Å²) in [6, 6.07) is 8.03. The molecular weight excluding hydrogens is 489 g/mol. The fraction of sp³-hybridized carbons (Fsp3) is 0.462. The molecule has 2 amide bonds. The van der Waals surface area contributed by atoms with Gasteiger partial charge in [0.15, 0.2) is 0 Å². The highest BCUT2D eigenvalue weighted by Gasteiger charge is 2.29. The number of benzene rings is 1. The van der Waals surface area contributed by atoms with Crippen LogP contribution in [-0.2, 0) is 14.3 Å². The fourth-order valence-electron chi connectivity index (χ4n) is 4.49. The van der Waals surface area contributed by atoms with E-state index in [4.69, 9.17) is 27.9 Å². The number of ether oxygens (including phenoxy) is 1. The molecule has 3 rings (SSSR count). The summed E-state index contributed by atoms with van der Waals surface area (Å²) in [6.07, 6.45) is 6.85. The Balaban J connectivity index is 1.55. The third-order valence-corrected chi connectivity index (χ3v) is 6.97. The summed E-state index contributed by atoms with van der Waals surface area (Å²) in [5, 5.41) is 6.49. The lowest BCUT2D eigenvalue weighted by Crippen LogP contribution is -2.30. The van der Waals surface area contributed by atoms with Crippen LogP contribution in [0.4, 0.5) is 11.5 Å². The number of anilines is 2.